The van der Waals surface area contributed by atoms with Crippen LogP contribution in [0.5, 0.6) is 5.75 Å². The number of rotatable bonds is 8. The molecule has 9 heteroatoms. The Bertz CT molecular complexity index is 1000. The van der Waals surface area contributed by atoms with E-state index in [-0.39, 0.29) is 17.3 Å². The minimum atomic E-state index is -2.98. The third-order valence-corrected chi connectivity index (χ3v) is 4.90. The fraction of sp³-hybridized carbons (Fsp3) is 0.250. The second-order valence-corrected chi connectivity index (χ2v) is 7.33. The molecule has 0 bridgehead atoms. The number of hydrogen-bond acceptors (Lipinski definition) is 6. The van der Waals surface area contributed by atoms with Crippen LogP contribution in [0, 0.1) is 0 Å². The Balaban J connectivity index is 1.76. The fourth-order valence-corrected chi connectivity index (χ4v) is 3.40. The number of fused-ring (bicyclic) bond motifs is 1. The molecule has 6 nitrogen and oxygen atoms in total. The van der Waals surface area contributed by atoms with Gasteiger partial charge < -0.3 is 15.4 Å². The minimum Gasteiger partial charge on any atom is -0.433 e. The molecule has 0 aliphatic rings. The zero-order valence-corrected chi connectivity index (χ0v) is 16.7. The summed E-state index contributed by atoms with van der Waals surface area (Å²) in [7, 11) is 0. The Morgan fingerprint density at radius 1 is 1.14 bits per heavy atom. The van der Waals surface area contributed by atoms with Gasteiger partial charge in [-0.2, -0.15) is 8.78 Å². The molecular formula is C20H20F2N4O2S. The standard InChI is InChI=1S/C20H20F2N4O2S/c1-3-23-17-13-8-4-5-9-14(13)25-20(26-17)29-12(2)18(27)24-15-10-6-7-11-16(15)28-19(21)22/h4-12,19H,3H2,1-2H3,(H,24,27)(H,23,25,26)/t12-/m1/s1. The molecule has 0 aliphatic heterocycles. The Morgan fingerprint density at radius 3 is 2.62 bits per heavy atom. The number of aromatic nitrogens is 2. The van der Waals surface area contributed by atoms with Crippen LogP contribution in [0.2, 0.25) is 0 Å². The quantitative estimate of drug-likeness (QED) is 0.405. The van der Waals surface area contributed by atoms with Crippen LogP contribution in [0.1, 0.15) is 13.8 Å². The fourth-order valence-electron chi connectivity index (χ4n) is 2.62. The number of nitrogens with zero attached hydrogens (tertiary/aromatic N) is 2. The van der Waals surface area contributed by atoms with Crippen LogP contribution in [0.15, 0.2) is 53.7 Å². The molecule has 0 unspecified atom stereocenters. The van der Waals surface area contributed by atoms with E-state index in [0.29, 0.717) is 17.5 Å². The van der Waals surface area contributed by atoms with Crippen molar-refractivity contribution in [3.8, 4) is 5.75 Å². The average Bonchev–Trinajstić information content (AvgIpc) is 2.69. The topological polar surface area (TPSA) is 76.1 Å². The van der Waals surface area contributed by atoms with Crippen molar-refractivity contribution in [1.29, 1.82) is 0 Å². The Morgan fingerprint density at radius 2 is 1.86 bits per heavy atom. The number of halogens is 2. The van der Waals surface area contributed by atoms with Crippen molar-refractivity contribution < 1.29 is 18.3 Å². The van der Waals surface area contributed by atoms with Gasteiger partial charge in [-0.3, -0.25) is 4.79 Å². The highest BCUT2D eigenvalue weighted by Gasteiger charge is 2.19. The predicted molar refractivity (Wildman–Crippen MR) is 111 cm³/mol. The van der Waals surface area contributed by atoms with Gasteiger partial charge in [0.25, 0.3) is 0 Å². The van der Waals surface area contributed by atoms with E-state index in [4.69, 9.17) is 0 Å². The molecule has 1 aromatic heterocycles. The van der Waals surface area contributed by atoms with Gasteiger partial charge in [-0.1, -0.05) is 36.0 Å². The number of hydrogen-bond donors (Lipinski definition) is 2. The van der Waals surface area contributed by atoms with Gasteiger partial charge in [0, 0.05) is 11.9 Å². The van der Waals surface area contributed by atoms with Crippen molar-refractivity contribution in [3.05, 3.63) is 48.5 Å². The number of anilines is 2. The molecule has 1 amide bonds. The summed E-state index contributed by atoms with van der Waals surface area (Å²) in [6.07, 6.45) is 0. The first-order chi connectivity index (χ1) is 14.0. The van der Waals surface area contributed by atoms with Crippen LogP contribution >= 0.6 is 11.8 Å². The van der Waals surface area contributed by atoms with Crippen LogP contribution < -0.4 is 15.4 Å². The SMILES string of the molecule is CCNc1nc(S[C@H](C)C(=O)Nc2ccccc2OC(F)F)nc2ccccc12. The molecular weight excluding hydrogens is 398 g/mol. The van der Waals surface area contributed by atoms with Gasteiger partial charge >= 0.3 is 6.61 Å². The molecule has 3 aromatic rings. The van der Waals surface area contributed by atoms with Gasteiger partial charge in [0.2, 0.25) is 5.91 Å². The summed E-state index contributed by atoms with van der Waals surface area (Å²) >= 11 is 1.18. The summed E-state index contributed by atoms with van der Waals surface area (Å²) in [5.74, 6) is 0.232. The van der Waals surface area contributed by atoms with E-state index in [9.17, 15) is 13.6 Å². The monoisotopic (exact) mass is 418 g/mol. The first-order valence-corrected chi connectivity index (χ1v) is 9.88. The maximum atomic E-state index is 12.6. The third kappa shape index (κ3) is 5.32. The summed E-state index contributed by atoms with van der Waals surface area (Å²) in [6, 6.07) is 13.7. The number of carbonyl (C=O) groups excluding carboxylic acids is 1. The molecule has 2 N–H and O–H groups in total. The number of ether oxygens (including phenoxy) is 1. The minimum absolute atomic E-state index is 0.0931. The van der Waals surface area contributed by atoms with Crippen LogP contribution in [-0.4, -0.2) is 34.3 Å². The number of para-hydroxylation sites is 3. The first kappa shape index (κ1) is 20.8. The highest BCUT2D eigenvalue weighted by Crippen LogP contribution is 2.29. The van der Waals surface area contributed by atoms with E-state index in [1.807, 2.05) is 31.2 Å². The van der Waals surface area contributed by atoms with E-state index >= 15 is 0 Å². The van der Waals surface area contributed by atoms with E-state index in [1.54, 1.807) is 19.1 Å². The Hall–Kier alpha value is -2.94. The van der Waals surface area contributed by atoms with Crippen molar-refractivity contribution in [1.82, 2.24) is 9.97 Å². The Labute approximate surface area is 171 Å². The molecule has 2 aromatic carbocycles. The van der Waals surface area contributed by atoms with E-state index in [0.717, 1.165) is 10.9 Å². The lowest BCUT2D eigenvalue weighted by atomic mass is 10.2. The van der Waals surface area contributed by atoms with E-state index < -0.39 is 11.9 Å². The van der Waals surface area contributed by atoms with E-state index in [2.05, 4.69) is 25.3 Å². The molecule has 152 valence electrons. The lowest BCUT2D eigenvalue weighted by Gasteiger charge is -2.15. The second kappa shape index (κ2) is 9.51. The molecule has 0 saturated carbocycles. The van der Waals surface area contributed by atoms with Crippen molar-refractivity contribution >= 4 is 40.1 Å². The molecule has 0 fully saturated rings. The molecule has 0 spiro atoms. The van der Waals surface area contributed by atoms with E-state index in [1.165, 1.54) is 23.9 Å². The number of carbonyl (C=O) groups is 1. The van der Waals surface area contributed by atoms with Crippen molar-refractivity contribution in [2.45, 2.75) is 30.9 Å². The van der Waals surface area contributed by atoms with Gasteiger partial charge in [-0.25, -0.2) is 9.97 Å². The zero-order chi connectivity index (χ0) is 20.8. The lowest BCUT2D eigenvalue weighted by Crippen LogP contribution is -2.23. The molecule has 1 atom stereocenters. The van der Waals surface area contributed by atoms with Crippen molar-refractivity contribution in [2.24, 2.45) is 0 Å². The zero-order valence-electron chi connectivity index (χ0n) is 15.9. The molecule has 0 saturated heterocycles. The average molecular weight is 418 g/mol. The van der Waals surface area contributed by atoms with Gasteiger partial charge in [0.15, 0.2) is 5.16 Å². The number of amides is 1. The largest absolute Gasteiger partial charge is 0.433 e. The van der Waals surface area contributed by atoms with Crippen molar-refractivity contribution in [2.75, 3.05) is 17.2 Å². The number of nitrogens with one attached hydrogen (secondary N) is 2. The summed E-state index contributed by atoms with van der Waals surface area (Å²) in [5, 5.41) is 6.61. The first-order valence-electron chi connectivity index (χ1n) is 9.00. The highest BCUT2D eigenvalue weighted by atomic mass is 32.2. The summed E-state index contributed by atoms with van der Waals surface area (Å²) in [5.41, 5.74) is 0.947. The maximum absolute atomic E-state index is 12.6. The van der Waals surface area contributed by atoms with Crippen LogP contribution in [0.3, 0.4) is 0 Å². The maximum Gasteiger partial charge on any atom is 0.387 e. The molecule has 0 radical (unpaired) electrons. The Kier molecular flexibility index (Phi) is 6.82. The van der Waals surface area contributed by atoms with Crippen LogP contribution in [0.4, 0.5) is 20.3 Å². The number of benzene rings is 2. The molecule has 3 rings (SSSR count). The van der Waals surface area contributed by atoms with Gasteiger partial charge in [-0.15, -0.1) is 0 Å². The summed E-state index contributed by atoms with van der Waals surface area (Å²) in [6.45, 7) is 1.39. The summed E-state index contributed by atoms with van der Waals surface area (Å²) in [4.78, 5) is 21.6. The number of alkyl halides is 2. The molecule has 0 aliphatic carbocycles. The van der Waals surface area contributed by atoms with Crippen LogP contribution in [-0.2, 0) is 4.79 Å². The third-order valence-electron chi connectivity index (χ3n) is 3.94. The molecule has 29 heavy (non-hydrogen) atoms. The highest BCUT2D eigenvalue weighted by molar-refractivity contribution is 8.00. The van der Waals surface area contributed by atoms with Crippen LogP contribution in [0.25, 0.3) is 10.9 Å². The predicted octanol–water partition coefficient (Wildman–Crippen LogP) is 4.78. The smallest absolute Gasteiger partial charge is 0.387 e. The number of thioether (sulfide) groups is 1. The van der Waals surface area contributed by atoms with Gasteiger partial charge in [0.1, 0.15) is 11.6 Å². The van der Waals surface area contributed by atoms with Crippen molar-refractivity contribution in [3.63, 3.8) is 0 Å². The lowest BCUT2D eigenvalue weighted by molar-refractivity contribution is -0.115. The van der Waals surface area contributed by atoms with Gasteiger partial charge in [-0.05, 0) is 38.1 Å². The van der Waals surface area contributed by atoms with Gasteiger partial charge in [0.05, 0.1) is 16.5 Å². The molecule has 1 heterocycles. The summed E-state index contributed by atoms with van der Waals surface area (Å²) < 4.78 is 29.5. The normalized spacial score (nSPS) is 12.0. The second-order valence-electron chi connectivity index (χ2n) is 6.03.